The van der Waals surface area contributed by atoms with E-state index in [2.05, 4.69) is 151 Å². The molecule has 8 rings (SSSR count). The summed E-state index contributed by atoms with van der Waals surface area (Å²) in [7, 11) is 0. The Bertz CT molecular complexity index is 2210. The number of fused-ring (bicyclic) bond motifs is 4. The number of nitrogens with zero attached hydrogens (tertiary/aromatic N) is 2. The van der Waals surface area contributed by atoms with Crippen molar-refractivity contribution in [3.8, 4) is 44.6 Å². The van der Waals surface area contributed by atoms with E-state index in [-0.39, 0.29) is 0 Å². The van der Waals surface area contributed by atoms with Crippen molar-refractivity contribution in [2.45, 2.75) is 0 Å². The van der Waals surface area contributed by atoms with Crippen molar-refractivity contribution in [2.75, 3.05) is 0 Å². The number of pyridine rings is 2. The van der Waals surface area contributed by atoms with E-state index in [0.29, 0.717) is 0 Å². The van der Waals surface area contributed by atoms with Crippen LogP contribution < -0.4 is 0 Å². The minimum Gasteiger partial charge on any atom is -0.256 e. The first kappa shape index (κ1) is 24.2. The Morgan fingerprint density at radius 2 is 1.05 bits per heavy atom. The van der Waals surface area contributed by atoms with Crippen molar-refractivity contribution in [2.24, 2.45) is 0 Å². The molecule has 0 aliphatic carbocycles. The zero-order valence-electron chi connectivity index (χ0n) is 22.9. The van der Waals surface area contributed by atoms with Crippen molar-refractivity contribution in [1.29, 1.82) is 0 Å². The summed E-state index contributed by atoms with van der Waals surface area (Å²) in [4.78, 5) is 9.78. The van der Waals surface area contributed by atoms with E-state index in [1.54, 1.807) is 0 Å². The molecule has 0 aliphatic heterocycles. The summed E-state index contributed by atoms with van der Waals surface area (Å²) in [6.07, 6.45) is 1.86. The molecule has 6 aromatic carbocycles. The van der Waals surface area contributed by atoms with Gasteiger partial charge in [-0.05, 0) is 56.8 Å². The van der Waals surface area contributed by atoms with Crippen LogP contribution in [-0.4, -0.2) is 9.97 Å². The van der Waals surface area contributed by atoms with Gasteiger partial charge in [0.1, 0.15) is 0 Å². The fraction of sp³-hybridized carbons (Fsp3) is 0. The van der Waals surface area contributed by atoms with E-state index in [4.69, 9.17) is 4.98 Å². The number of rotatable bonds is 4. The third-order valence-electron chi connectivity index (χ3n) is 8.13. The molecule has 0 unspecified atom stereocenters. The van der Waals surface area contributed by atoms with E-state index in [1.165, 1.54) is 44.0 Å². The largest absolute Gasteiger partial charge is 0.256 e. The molecule has 8 aromatic rings. The molecule has 0 bridgehead atoms. The predicted molar refractivity (Wildman–Crippen MR) is 176 cm³/mol. The van der Waals surface area contributed by atoms with Gasteiger partial charge in [0, 0.05) is 28.1 Å². The van der Waals surface area contributed by atoms with Crippen molar-refractivity contribution >= 4 is 32.6 Å². The highest BCUT2D eigenvalue weighted by atomic mass is 14.7. The molecule has 42 heavy (non-hydrogen) atoms. The lowest BCUT2D eigenvalue weighted by Gasteiger charge is -2.13. The molecular weight excluding hydrogens is 508 g/mol. The van der Waals surface area contributed by atoms with Crippen molar-refractivity contribution in [1.82, 2.24) is 9.97 Å². The molecular formula is C40H26N2. The fourth-order valence-electron chi connectivity index (χ4n) is 6.01. The summed E-state index contributed by atoms with van der Waals surface area (Å²) in [5.74, 6) is 0. The highest BCUT2D eigenvalue weighted by molar-refractivity contribution is 6.13. The van der Waals surface area contributed by atoms with Gasteiger partial charge in [-0.2, -0.15) is 0 Å². The molecule has 2 heteroatoms. The standard InChI is InChI=1S/C40H26N2/c1-2-8-29(9-3-1)36-26-38(42-37-24-23-30-10-4-5-13-34(30)39(36)37)32-21-17-28(18-22-32)27-15-19-31(20-16-27)35-14-6-11-33-12-7-25-41-40(33)35/h1-26H. The van der Waals surface area contributed by atoms with E-state index >= 15 is 0 Å². The van der Waals surface area contributed by atoms with Crippen LogP contribution in [0.15, 0.2) is 158 Å². The third kappa shape index (κ3) is 4.22. The van der Waals surface area contributed by atoms with Crippen LogP contribution in [0.25, 0.3) is 77.2 Å². The van der Waals surface area contributed by atoms with E-state index < -0.39 is 0 Å². The second-order valence-electron chi connectivity index (χ2n) is 10.6. The number of para-hydroxylation sites is 1. The summed E-state index contributed by atoms with van der Waals surface area (Å²) in [5, 5.41) is 4.80. The molecule has 0 amide bonds. The molecule has 2 heterocycles. The molecule has 0 aliphatic rings. The summed E-state index contributed by atoms with van der Waals surface area (Å²) < 4.78 is 0. The van der Waals surface area contributed by atoms with Crippen LogP contribution >= 0.6 is 0 Å². The Hall–Kier alpha value is -5.60. The molecule has 2 aromatic heterocycles. The maximum atomic E-state index is 5.15. The van der Waals surface area contributed by atoms with Gasteiger partial charge in [0.15, 0.2) is 0 Å². The SMILES string of the molecule is c1ccc(-c2cc(-c3ccc(-c4ccc(-c5cccc6cccnc56)cc4)cc3)nc3ccc4ccccc4c23)cc1. The van der Waals surface area contributed by atoms with Crippen LogP contribution in [0.4, 0.5) is 0 Å². The van der Waals surface area contributed by atoms with Gasteiger partial charge in [-0.3, -0.25) is 4.98 Å². The summed E-state index contributed by atoms with van der Waals surface area (Å²) in [6.45, 7) is 0. The Morgan fingerprint density at radius 3 is 1.86 bits per heavy atom. The van der Waals surface area contributed by atoms with Crippen LogP contribution in [0.2, 0.25) is 0 Å². The molecule has 196 valence electrons. The Balaban J connectivity index is 1.17. The highest BCUT2D eigenvalue weighted by Crippen LogP contribution is 2.37. The number of benzene rings is 6. The summed E-state index contributed by atoms with van der Waals surface area (Å²) in [6, 6.07) is 53.7. The van der Waals surface area contributed by atoms with Crippen molar-refractivity contribution in [3.05, 3.63) is 158 Å². The van der Waals surface area contributed by atoms with Crippen molar-refractivity contribution in [3.63, 3.8) is 0 Å². The predicted octanol–water partition coefficient (Wildman–Crippen LogP) is 10.6. The van der Waals surface area contributed by atoms with E-state index in [9.17, 15) is 0 Å². The number of hydrogen-bond donors (Lipinski definition) is 0. The first-order chi connectivity index (χ1) is 20.8. The molecule has 0 fully saturated rings. The van der Waals surface area contributed by atoms with Gasteiger partial charge in [-0.1, -0.05) is 133 Å². The highest BCUT2D eigenvalue weighted by Gasteiger charge is 2.13. The second-order valence-corrected chi connectivity index (χ2v) is 10.6. The molecule has 0 N–H and O–H groups in total. The fourth-order valence-corrected chi connectivity index (χ4v) is 6.01. The Morgan fingerprint density at radius 1 is 0.405 bits per heavy atom. The van der Waals surface area contributed by atoms with Gasteiger partial charge in [0.05, 0.1) is 16.7 Å². The molecule has 0 radical (unpaired) electrons. The minimum absolute atomic E-state index is 0.974. The molecule has 0 saturated carbocycles. The summed E-state index contributed by atoms with van der Waals surface area (Å²) >= 11 is 0. The van der Waals surface area contributed by atoms with Gasteiger partial charge < -0.3 is 0 Å². The van der Waals surface area contributed by atoms with E-state index in [0.717, 1.165) is 33.2 Å². The first-order valence-electron chi connectivity index (χ1n) is 14.2. The lowest BCUT2D eigenvalue weighted by Crippen LogP contribution is -1.91. The lowest BCUT2D eigenvalue weighted by molar-refractivity contribution is 1.40. The van der Waals surface area contributed by atoms with Crippen LogP contribution in [0.5, 0.6) is 0 Å². The Kier molecular flexibility index (Phi) is 5.82. The molecule has 0 spiro atoms. The molecule has 0 atom stereocenters. The van der Waals surface area contributed by atoms with Gasteiger partial charge in [0.25, 0.3) is 0 Å². The van der Waals surface area contributed by atoms with Gasteiger partial charge in [0.2, 0.25) is 0 Å². The van der Waals surface area contributed by atoms with Crippen LogP contribution in [0.3, 0.4) is 0 Å². The van der Waals surface area contributed by atoms with Gasteiger partial charge >= 0.3 is 0 Å². The molecule has 0 saturated heterocycles. The second kappa shape index (κ2) is 10.1. The van der Waals surface area contributed by atoms with Gasteiger partial charge in [-0.25, -0.2) is 4.98 Å². The zero-order chi connectivity index (χ0) is 27.9. The average Bonchev–Trinajstić information content (AvgIpc) is 3.08. The summed E-state index contributed by atoms with van der Waals surface area (Å²) in [5.41, 5.74) is 11.2. The average molecular weight is 535 g/mol. The number of hydrogen-bond acceptors (Lipinski definition) is 2. The van der Waals surface area contributed by atoms with Crippen LogP contribution in [-0.2, 0) is 0 Å². The Labute approximate surface area is 244 Å². The minimum atomic E-state index is 0.974. The maximum Gasteiger partial charge on any atom is 0.0780 e. The third-order valence-corrected chi connectivity index (χ3v) is 8.13. The monoisotopic (exact) mass is 534 g/mol. The molecule has 2 nitrogen and oxygen atoms in total. The quantitative estimate of drug-likeness (QED) is 0.210. The topological polar surface area (TPSA) is 25.8 Å². The smallest absolute Gasteiger partial charge is 0.0780 e. The van der Waals surface area contributed by atoms with Gasteiger partial charge in [-0.15, -0.1) is 0 Å². The lowest BCUT2D eigenvalue weighted by atomic mass is 9.94. The van der Waals surface area contributed by atoms with Crippen LogP contribution in [0.1, 0.15) is 0 Å². The van der Waals surface area contributed by atoms with Crippen molar-refractivity contribution < 1.29 is 0 Å². The van der Waals surface area contributed by atoms with E-state index in [1.807, 2.05) is 12.3 Å². The van der Waals surface area contributed by atoms with Crippen LogP contribution in [0, 0.1) is 0 Å². The zero-order valence-corrected chi connectivity index (χ0v) is 22.9. The first-order valence-corrected chi connectivity index (χ1v) is 14.2. The normalized spacial score (nSPS) is 11.3. The number of aromatic nitrogens is 2. The maximum absolute atomic E-state index is 5.15.